The molecule has 1 aliphatic heterocycles. The largest absolute Gasteiger partial charge is 0.396 e. The minimum atomic E-state index is 0.162. The van der Waals surface area contributed by atoms with Gasteiger partial charge < -0.3 is 10.0 Å². The Balaban J connectivity index is 1.96. The third-order valence-electron chi connectivity index (χ3n) is 2.48. The Kier molecular flexibility index (Phi) is 1.60. The van der Waals surface area contributed by atoms with Crippen molar-refractivity contribution in [3.8, 4) is 0 Å². The van der Waals surface area contributed by atoms with E-state index in [0.29, 0.717) is 12.5 Å². The van der Waals surface area contributed by atoms with Crippen molar-refractivity contribution in [2.45, 2.75) is 25.3 Å². The van der Waals surface area contributed by atoms with Crippen molar-refractivity contribution in [1.82, 2.24) is 4.90 Å². The molecular weight excluding hydrogens is 142 g/mol. The molecule has 3 nitrogen and oxygen atoms in total. The molecule has 0 radical (unpaired) electrons. The van der Waals surface area contributed by atoms with Crippen LogP contribution in [0.2, 0.25) is 0 Å². The molecule has 1 saturated carbocycles. The number of aliphatic hydroxyl groups excluding tert-OH is 1. The Hall–Kier alpha value is -0.570. The van der Waals surface area contributed by atoms with E-state index in [4.69, 9.17) is 5.11 Å². The molecule has 0 aromatic heterocycles. The van der Waals surface area contributed by atoms with E-state index in [1.165, 1.54) is 12.8 Å². The van der Waals surface area contributed by atoms with E-state index in [-0.39, 0.29) is 18.4 Å². The van der Waals surface area contributed by atoms with Crippen LogP contribution in [0.5, 0.6) is 0 Å². The summed E-state index contributed by atoms with van der Waals surface area (Å²) in [6.07, 6.45) is 2.90. The van der Waals surface area contributed by atoms with Gasteiger partial charge in [-0.3, -0.25) is 4.79 Å². The van der Waals surface area contributed by atoms with Crippen LogP contribution in [0.25, 0.3) is 0 Å². The van der Waals surface area contributed by atoms with Crippen LogP contribution in [0.15, 0.2) is 0 Å². The lowest BCUT2D eigenvalue weighted by Crippen LogP contribution is -2.27. The highest BCUT2D eigenvalue weighted by atomic mass is 16.3. The molecule has 3 heteroatoms. The topological polar surface area (TPSA) is 40.5 Å². The van der Waals surface area contributed by atoms with Crippen LogP contribution in [-0.2, 0) is 4.79 Å². The highest BCUT2D eigenvalue weighted by Crippen LogP contribution is 2.32. The van der Waals surface area contributed by atoms with Gasteiger partial charge in [0.25, 0.3) is 0 Å². The van der Waals surface area contributed by atoms with E-state index in [9.17, 15) is 4.79 Å². The molecule has 11 heavy (non-hydrogen) atoms. The molecule has 1 N–H and O–H groups in total. The number of carbonyl (C=O) groups excluding carboxylic acids is 1. The lowest BCUT2D eigenvalue weighted by Gasteiger charge is -2.14. The molecule has 0 spiro atoms. The molecule has 1 saturated heterocycles. The van der Waals surface area contributed by atoms with Crippen molar-refractivity contribution in [2.75, 3.05) is 13.2 Å². The minimum Gasteiger partial charge on any atom is -0.396 e. The van der Waals surface area contributed by atoms with Crippen LogP contribution in [0.1, 0.15) is 19.3 Å². The molecule has 2 fully saturated rings. The Morgan fingerprint density at radius 1 is 1.55 bits per heavy atom. The summed E-state index contributed by atoms with van der Waals surface area (Å²) in [6, 6.07) is 0.527. The van der Waals surface area contributed by atoms with Gasteiger partial charge in [0.1, 0.15) is 0 Å². The summed E-state index contributed by atoms with van der Waals surface area (Å²) in [5, 5.41) is 8.82. The second-order valence-corrected chi connectivity index (χ2v) is 3.53. The molecule has 0 bridgehead atoms. The van der Waals surface area contributed by atoms with Gasteiger partial charge in [-0.05, 0) is 12.8 Å². The first-order valence-electron chi connectivity index (χ1n) is 4.21. The fraction of sp³-hybridized carbons (Fsp3) is 0.875. The summed E-state index contributed by atoms with van der Waals surface area (Å²) in [5.41, 5.74) is 0. The van der Waals surface area contributed by atoms with Crippen LogP contribution in [0, 0.1) is 5.92 Å². The van der Waals surface area contributed by atoms with Crippen molar-refractivity contribution >= 4 is 5.91 Å². The van der Waals surface area contributed by atoms with Gasteiger partial charge in [-0.25, -0.2) is 0 Å². The Morgan fingerprint density at radius 2 is 2.27 bits per heavy atom. The maximum atomic E-state index is 11.2. The van der Waals surface area contributed by atoms with Crippen molar-refractivity contribution in [3.63, 3.8) is 0 Å². The monoisotopic (exact) mass is 155 g/mol. The number of hydrogen-bond donors (Lipinski definition) is 1. The molecule has 1 amide bonds. The Bertz CT molecular complexity index is 177. The smallest absolute Gasteiger partial charge is 0.223 e. The van der Waals surface area contributed by atoms with Crippen LogP contribution in [-0.4, -0.2) is 35.1 Å². The van der Waals surface area contributed by atoms with Crippen LogP contribution < -0.4 is 0 Å². The second kappa shape index (κ2) is 2.48. The van der Waals surface area contributed by atoms with Gasteiger partial charge in [-0.15, -0.1) is 0 Å². The molecule has 2 rings (SSSR count). The normalized spacial score (nSPS) is 31.5. The van der Waals surface area contributed by atoms with Gasteiger partial charge in [0.05, 0.1) is 0 Å². The average molecular weight is 155 g/mol. The number of amides is 1. The zero-order valence-electron chi connectivity index (χ0n) is 6.49. The lowest BCUT2D eigenvalue weighted by molar-refractivity contribution is -0.128. The van der Waals surface area contributed by atoms with Gasteiger partial charge >= 0.3 is 0 Å². The van der Waals surface area contributed by atoms with Gasteiger partial charge in [-0.2, -0.15) is 0 Å². The summed E-state index contributed by atoms with van der Waals surface area (Å²) in [5.74, 6) is 0.453. The predicted molar refractivity (Wildman–Crippen MR) is 39.9 cm³/mol. The predicted octanol–water partition coefficient (Wildman–Crippen LogP) is -0.0104. The first kappa shape index (κ1) is 7.10. The van der Waals surface area contributed by atoms with Crippen molar-refractivity contribution in [3.05, 3.63) is 0 Å². The summed E-state index contributed by atoms with van der Waals surface area (Å²) in [7, 11) is 0. The number of carbonyl (C=O) groups is 1. The lowest BCUT2D eigenvalue weighted by atomic mass is 10.1. The van der Waals surface area contributed by atoms with Gasteiger partial charge in [-0.1, -0.05) is 0 Å². The first-order chi connectivity index (χ1) is 5.31. The summed E-state index contributed by atoms with van der Waals surface area (Å²) in [6.45, 7) is 0.953. The van der Waals surface area contributed by atoms with E-state index in [0.717, 1.165) is 6.54 Å². The average Bonchev–Trinajstić information content (AvgIpc) is 2.76. The maximum Gasteiger partial charge on any atom is 0.223 e. The van der Waals surface area contributed by atoms with Crippen molar-refractivity contribution < 1.29 is 9.90 Å². The fourth-order valence-electron chi connectivity index (χ4n) is 1.67. The maximum absolute atomic E-state index is 11.2. The SMILES string of the molecule is O=C1CC(CO)CN1C1CC1. The van der Waals surface area contributed by atoms with E-state index in [2.05, 4.69) is 0 Å². The van der Waals surface area contributed by atoms with Crippen LogP contribution >= 0.6 is 0 Å². The highest BCUT2D eigenvalue weighted by molar-refractivity contribution is 5.79. The zero-order chi connectivity index (χ0) is 7.84. The van der Waals surface area contributed by atoms with Crippen LogP contribution in [0.4, 0.5) is 0 Å². The zero-order valence-corrected chi connectivity index (χ0v) is 6.49. The fourth-order valence-corrected chi connectivity index (χ4v) is 1.67. The Morgan fingerprint density at radius 3 is 2.73 bits per heavy atom. The van der Waals surface area contributed by atoms with E-state index in [1.807, 2.05) is 4.90 Å². The summed E-state index contributed by atoms with van der Waals surface area (Å²) < 4.78 is 0. The number of aliphatic hydroxyl groups is 1. The molecular formula is C8H13NO2. The van der Waals surface area contributed by atoms with E-state index < -0.39 is 0 Å². The highest BCUT2D eigenvalue weighted by Gasteiger charge is 2.38. The third kappa shape index (κ3) is 1.25. The molecule has 1 unspecified atom stereocenters. The first-order valence-corrected chi connectivity index (χ1v) is 4.21. The Labute approximate surface area is 66.0 Å². The summed E-state index contributed by atoms with van der Waals surface area (Å²) in [4.78, 5) is 13.2. The van der Waals surface area contributed by atoms with Crippen molar-refractivity contribution in [1.29, 1.82) is 0 Å². The molecule has 62 valence electrons. The number of nitrogens with zero attached hydrogens (tertiary/aromatic N) is 1. The van der Waals surface area contributed by atoms with E-state index >= 15 is 0 Å². The van der Waals surface area contributed by atoms with Crippen LogP contribution in [0.3, 0.4) is 0 Å². The van der Waals surface area contributed by atoms with Crippen molar-refractivity contribution in [2.24, 2.45) is 5.92 Å². The quantitative estimate of drug-likeness (QED) is 0.609. The molecule has 0 aromatic carbocycles. The number of rotatable bonds is 2. The molecule has 1 heterocycles. The molecule has 0 aromatic rings. The van der Waals surface area contributed by atoms with Gasteiger partial charge in [0, 0.05) is 31.5 Å². The van der Waals surface area contributed by atoms with Gasteiger partial charge in [0.2, 0.25) is 5.91 Å². The minimum absolute atomic E-state index is 0.162. The molecule has 2 aliphatic rings. The number of hydrogen-bond acceptors (Lipinski definition) is 2. The van der Waals surface area contributed by atoms with Gasteiger partial charge in [0.15, 0.2) is 0 Å². The molecule has 1 aliphatic carbocycles. The molecule has 1 atom stereocenters. The third-order valence-corrected chi connectivity index (χ3v) is 2.48. The second-order valence-electron chi connectivity index (χ2n) is 3.53. The standard InChI is InChI=1S/C8H13NO2/c10-5-6-3-8(11)9(4-6)7-1-2-7/h6-7,10H,1-5H2. The summed E-state index contributed by atoms with van der Waals surface area (Å²) >= 11 is 0. The number of likely N-dealkylation sites (tertiary alicyclic amines) is 1. The van der Waals surface area contributed by atoms with E-state index in [1.54, 1.807) is 0 Å².